The highest BCUT2D eigenvalue weighted by Crippen LogP contribution is 2.57. The first-order valence-electron chi connectivity index (χ1n) is 8.79. The Balaban J connectivity index is 3.15. The molecule has 0 aliphatic heterocycles. The Morgan fingerprint density at radius 1 is 0.955 bits per heavy atom. The van der Waals surface area contributed by atoms with E-state index >= 15 is 0 Å². The molecule has 22 heavy (non-hydrogen) atoms. The fourth-order valence-electron chi connectivity index (χ4n) is 4.36. The second-order valence-electron chi connectivity index (χ2n) is 7.39. The molecule has 1 aliphatic rings. The van der Waals surface area contributed by atoms with Crippen LogP contribution in [0.25, 0.3) is 0 Å². The molecule has 0 heterocycles. The van der Waals surface area contributed by atoms with Gasteiger partial charge in [-0.3, -0.25) is 9.59 Å². The summed E-state index contributed by atoms with van der Waals surface area (Å²) >= 11 is 0. The molecule has 128 valence electrons. The van der Waals surface area contributed by atoms with Crippen molar-refractivity contribution >= 4 is 11.9 Å². The van der Waals surface area contributed by atoms with Gasteiger partial charge in [0.2, 0.25) is 0 Å². The van der Waals surface area contributed by atoms with E-state index < -0.39 is 22.8 Å². The summed E-state index contributed by atoms with van der Waals surface area (Å²) in [5.41, 5.74) is -2.19. The lowest BCUT2D eigenvalue weighted by Gasteiger charge is -2.49. The predicted molar refractivity (Wildman–Crippen MR) is 86.8 cm³/mol. The third-order valence-corrected chi connectivity index (χ3v) is 5.41. The van der Waals surface area contributed by atoms with E-state index in [-0.39, 0.29) is 5.92 Å². The molecule has 1 saturated carbocycles. The van der Waals surface area contributed by atoms with Crippen LogP contribution in [0.2, 0.25) is 0 Å². The maximum absolute atomic E-state index is 12.2. The van der Waals surface area contributed by atoms with Crippen LogP contribution in [0.4, 0.5) is 0 Å². The number of carboxylic acid groups (broad SMARTS) is 2. The highest BCUT2D eigenvalue weighted by atomic mass is 16.4. The monoisotopic (exact) mass is 312 g/mol. The molecule has 2 atom stereocenters. The number of hydrogen-bond acceptors (Lipinski definition) is 2. The van der Waals surface area contributed by atoms with Gasteiger partial charge in [0.1, 0.15) is 0 Å². The number of rotatable bonds is 9. The molecule has 1 aliphatic carbocycles. The van der Waals surface area contributed by atoms with E-state index in [0.717, 1.165) is 38.5 Å². The molecule has 0 saturated heterocycles. The highest BCUT2D eigenvalue weighted by Gasteiger charge is 2.61. The van der Waals surface area contributed by atoms with Crippen LogP contribution in [0.1, 0.15) is 85.0 Å². The molecule has 0 spiro atoms. The lowest BCUT2D eigenvalue weighted by atomic mass is 9.51. The summed E-state index contributed by atoms with van der Waals surface area (Å²) < 4.78 is 0. The number of carboxylic acids is 2. The summed E-state index contributed by atoms with van der Waals surface area (Å²) in [6, 6.07) is 0. The number of carbonyl (C=O) groups is 2. The third-order valence-electron chi connectivity index (χ3n) is 5.41. The van der Waals surface area contributed by atoms with Crippen LogP contribution in [0.3, 0.4) is 0 Å². The molecule has 4 nitrogen and oxygen atoms in total. The van der Waals surface area contributed by atoms with Crippen LogP contribution in [0.15, 0.2) is 0 Å². The molecule has 0 bridgehead atoms. The zero-order chi connectivity index (χ0) is 16.8. The van der Waals surface area contributed by atoms with Crippen molar-refractivity contribution in [3.63, 3.8) is 0 Å². The SMILES string of the molecule is CCCCCCC1(C(=O)O)CCCCC1(CC(C)C)C(=O)O. The molecular formula is C18H32O4. The quantitative estimate of drug-likeness (QED) is 0.604. The standard InChI is InChI=1S/C18H32O4/c1-4-5-6-7-10-17(15(19)20)11-8-9-12-18(17,16(21)22)13-14(2)3/h14H,4-13H2,1-3H3,(H,19,20)(H,21,22). The molecule has 2 unspecified atom stereocenters. The van der Waals surface area contributed by atoms with Crippen molar-refractivity contribution in [2.24, 2.45) is 16.7 Å². The lowest BCUT2D eigenvalue weighted by molar-refractivity contribution is -0.183. The minimum Gasteiger partial charge on any atom is -0.481 e. The van der Waals surface area contributed by atoms with E-state index in [4.69, 9.17) is 0 Å². The molecule has 4 heteroatoms. The second-order valence-corrected chi connectivity index (χ2v) is 7.39. The fourth-order valence-corrected chi connectivity index (χ4v) is 4.36. The van der Waals surface area contributed by atoms with Crippen LogP contribution in [-0.4, -0.2) is 22.2 Å². The Kier molecular flexibility index (Phi) is 6.89. The molecule has 0 aromatic rings. The summed E-state index contributed by atoms with van der Waals surface area (Å²) in [5.74, 6) is -1.62. The van der Waals surface area contributed by atoms with Gasteiger partial charge in [0.25, 0.3) is 0 Å². The first kappa shape index (κ1) is 19.0. The van der Waals surface area contributed by atoms with E-state index in [1.807, 2.05) is 13.8 Å². The molecule has 0 aromatic heterocycles. The number of hydrogen-bond donors (Lipinski definition) is 2. The topological polar surface area (TPSA) is 74.6 Å². The van der Waals surface area contributed by atoms with Gasteiger partial charge in [-0.25, -0.2) is 0 Å². The average molecular weight is 312 g/mol. The summed E-state index contributed by atoms with van der Waals surface area (Å²) in [5, 5.41) is 19.9. The Morgan fingerprint density at radius 3 is 1.95 bits per heavy atom. The Morgan fingerprint density at radius 2 is 1.50 bits per heavy atom. The number of aliphatic carboxylic acids is 2. The molecule has 0 radical (unpaired) electrons. The van der Waals surface area contributed by atoms with Gasteiger partial charge >= 0.3 is 11.9 Å². The van der Waals surface area contributed by atoms with E-state index in [1.54, 1.807) is 0 Å². The molecule has 0 amide bonds. The van der Waals surface area contributed by atoms with Crippen molar-refractivity contribution in [1.82, 2.24) is 0 Å². The molecular weight excluding hydrogens is 280 g/mol. The Hall–Kier alpha value is -1.06. The largest absolute Gasteiger partial charge is 0.481 e. The van der Waals surface area contributed by atoms with Crippen molar-refractivity contribution < 1.29 is 19.8 Å². The van der Waals surface area contributed by atoms with E-state index in [9.17, 15) is 19.8 Å². The van der Waals surface area contributed by atoms with E-state index in [2.05, 4.69) is 6.92 Å². The zero-order valence-corrected chi connectivity index (χ0v) is 14.4. The summed E-state index contributed by atoms with van der Waals surface area (Å²) in [7, 11) is 0. The molecule has 1 fully saturated rings. The lowest BCUT2D eigenvalue weighted by Crippen LogP contribution is -2.55. The Labute approximate surface area is 134 Å². The predicted octanol–water partition coefficient (Wildman–Crippen LogP) is 4.72. The van der Waals surface area contributed by atoms with Crippen LogP contribution < -0.4 is 0 Å². The van der Waals surface area contributed by atoms with Gasteiger partial charge in [-0.05, 0) is 31.6 Å². The van der Waals surface area contributed by atoms with Crippen LogP contribution in [0, 0.1) is 16.7 Å². The van der Waals surface area contributed by atoms with E-state index in [0.29, 0.717) is 25.7 Å². The zero-order valence-electron chi connectivity index (χ0n) is 14.4. The summed E-state index contributed by atoms with van der Waals surface area (Å²) in [6.07, 6.45) is 7.60. The van der Waals surface area contributed by atoms with Crippen LogP contribution in [0.5, 0.6) is 0 Å². The fraction of sp³-hybridized carbons (Fsp3) is 0.889. The molecule has 0 aromatic carbocycles. The molecule has 2 N–H and O–H groups in total. The normalized spacial score (nSPS) is 28.7. The summed E-state index contributed by atoms with van der Waals surface area (Å²) in [6.45, 7) is 6.10. The third kappa shape index (κ3) is 3.64. The second kappa shape index (κ2) is 7.98. The van der Waals surface area contributed by atoms with Crippen molar-refractivity contribution in [3.8, 4) is 0 Å². The van der Waals surface area contributed by atoms with Crippen molar-refractivity contribution in [3.05, 3.63) is 0 Å². The van der Waals surface area contributed by atoms with Gasteiger partial charge < -0.3 is 10.2 Å². The van der Waals surface area contributed by atoms with Crippen LogP contribution in [-0.2, 0) is 9.59 Å². The maximum Gasteiger partial charge on any atom is 0.310 e. The van der Waals surface area contributed by atoms with Gasteiger partial charge in [-0.1, -0.05) is 59.3 Å². The Bertz CT molecular complexity index is 391. The first-order chi connectivity index (χ1) is 10.3. The van der Waals surface area contributed by atoms with E-state index in [1.165, 1.54) is 0 Å². The van der Waals surface area contributed by atoms with Gasteiger partial charge in [-0.15, -0.1) is 0 Å². The smallest absolute Gasteiger partial charge is 0.310 e. The minimum absolute atomic E-state index is 0.184. The van der Waals surface area contributed by atoms with Gasteiger partial charge in [-0.2, -0.15) is 0 Å². The van der Waals surface area contributed by atoms with Gasteiger partial charge in [0.15, 0.2) is 0 Å². The average Bonchev–Trinajstić information content (AvgIpc) is 2.44. The van der Waals surface area contributed by atoms with Crippen LogP contribution >= 0.6 is 0 Å². The van der Waals surface area contributed by atoms with Crippen molar-refractivity contribution in [2.45, 2.75) is 85.0 Å². The minimum atomic E-state index is -1.10. The van der Waals surface area contributed by atoms with Gasteiger partial charge in [0.05, 0.1) is 10.8 Å². The van der Waals surface area contributed by atoms with Crippen molar-refractivity contribution in [1.29, 1.82) is 0 Å². The maximum atomic E-state index is 12.2. The first-order valence-corrected chi connectivity index (χ1v) is 8.79. The highest BCUT2D eigenvalue weighted by molar-refractivity contribution is 5.87. The summed E-state index contributed by atoms with van der Waals surface area (Å²) in [4.78, 5) is 24.3. The molecule has 1 rings (SSSR count). The number of unbranched alkanes of at least 4 members (excludes halogenated alkanes) is 3. The van der Waals surface area contributed by atoms with Crippen molar-refractivity contribution in [2.75, 3.05) is 0 Å². The van der Waals surface area contributed by atoms with Gasteiger partial charge in [0, 0.05) is 0 Å².